The molecule has 0 saturated heterocycles. The molecular formula is C28H29N3O4S4. The number of unbranched alkanes of at least 4 members (excludes halogenated alkanes) is 1. The predicted molar refractivity (Wildman–Crippen MR) is 161 cm³/mol. The topological polar surface area (TPSA) is 86.3 Å². The molecule has 2 aromatic heterocycles. The number of anilines is 1. The molecule has 0 saturated carbocycles. The van der Waals surface area contributed by atoms with Crippen LogP contribution in [0.3, 0.4) is 0 Å². The number of nitrogens with zero attached hydrogens (tertiary/aromatic N) is 3. The summed E-state index contributed by atoms with van der Waals surface area (Å²) in [5.41, 5.74) is 2.23. The van der Waals surface area contributed by atoms with Crippen LogP contribution in [0.4, 0.5) is 5.69 Å². The summed E-state index contributed by atoms with van der Waals surface area (Å²) in [6, 6.07) is 16.4. The van der Waals surface area contributed by atoms with E-state index in [1.54, 1.807) is 23.1 Å². The lowest BCUT2D eigenvalue weighted by atomic mass is 10.2. The molecule has 204 valence electrons. The highest BCUT2D eigenvalue weighted by Crippen LogP contribution is 2.45. The van der Waals surface area contributed by atoms with E-state index in [4.69, 9.17) is 0 Å². The summed E-state index contributed by atoms with van der Waals surface area (Å²) in [7, 11) is -4.22. The van der Waals surface area contributed by atoms with Gasteiger partial charge in [-0.25, -0.2) is 8.42 Å². The van der Waals surface area contributed by atoms with Crippen LogP contribution >= 0.6 is 34.4 Å². The van der Waals surface area contributed by atoms with Crippen molar-refractivity contribution in [2.75, 3.05) is 17.2 Å². The van der Waals surface area contributed by atoms with Gasteiger partial charge in [0.05, 0.1) is 31.4 Å². The van der Waals surface area contributed by atoms with E-state index in [1.165, 1.54) is 21.6 Å². The number of aryl methyl sites for hydroxylation is 1. The lowest BCUT2D eigenvalue weighted by molar-refractivity contribution is -0.665. The largest absolute Gasteiger partial charge is 0.748 e. The van der Waals surface area contributed by atoms with Gasteiger partial charge in [0.25, 0.3) is 10.6 Å². The summed E-state index contributed by atoms with van der Waals surface area (Å²) in [6.45, 7) is 6.13. The third-order valence-corrected chi connectivity index (χ3v) is 10.6. The highest BCUT2D eigenvalue weighted by Gasteiger charge is 2.24. The summed E-state index contributed by atoms with van der Waals surface area (Å²) >= 11 is 4.83. The van der Waals surface area contributed by atoms with Crippen LogP contribution in [0.1, 0.15) is 31.7 Å². The Hall–Kier alpha value is -2.70. The molecule has 0 aliphatic carbocycles. The minimum absolute atomic E-state index is 0.0116. The molecule has 0 bridgehead atoms. The molecule has 5 rings (SSSR count). The van der Waals surface area contributed by atoms with Crippen LogP contribution in [-0.2, 0) is 23.2 Å². The monoisotopic (exact) mass is 599 g/mol. The molecule has 11 heteroatoms. The maximum atomic E-state index is 13.3. The normalized spacial score (nSPS) is 15.7. The summed E-state index contributed by atoms with van der Waals surface area (Å²) in [6.07, 6.45) is 6.86. The Balaban J connectivity index is 1.50. The Morgan fingerprint density at radius 2 is 1.77 bits per heavy atom. The number of aromatic nitrogens is 2. The number of thiazole rings is 2. The van der Waals surface area contributed by atoms with Crippen molar-refractivity contribution in [1.29, 1.82) is 0 Å². The zero-order valence-corrected chi connectivity index (χ0v) is 25.0. The fourth-order valence-electron chi connectivity index (χ4n) is 4.65. The van der Waals surface area contributed by atoms with Crippen LogP contribution in [0.2, 0.25) is 0 Å². The second-order valence-electron chi connectivity index (χ2n) is 9.01. The molecule has 0 radical (unpaired) electrons. The highest BCUT2D eigenvalue weighted by atomic mass is 32.2. The molecular weight excluding hydrogens is 571 g/mol. The van der Waals surface area contributed by atoms with Crippen molar-refractivity contribution in [3.05, 3.63) is 84.2 Å². The zero-order chi connectivity index (χ0) is 27.6. The first-order chi connectivity index (χ1) is 18.8. The quantitative estimate of drug-likeness (QED) is 0.165. The molecule has 1 aliphatic rings. The van der Waals surface area contributed by atoms with E-state index in [2.05, 4.69) is 34.6 Å². The van der Waals surface area contributed by atoms with Gasteiger partial charge in [0.15, 0.2) is 0 Å². The van der Waals surface area contributed by atoms with E-state index in [-0.39, 0.29) is 11.3 Å². The van der Waals surface area contributed by atoms with Crippen molar-refractivity contribution in [2.24, 2.45) is 0 Å². The first kappa shape index (κ1) is 27.9. The van der Waals surface area contributed by atoms with Crippen molar-refractivity contribution in [3.8, 4) is 0 Å². The van der Waals surface area contributed by atoms with Crippen molar-refractivity contribution < 1.29 is 17.5 Å². The first-order valence-electron chi connectivity index (χ1n) is 12.8. The van der Waals surface area contributed by atoms with Crippen molar-refractivity contribution in [3.63, 3.8) is 0 Å². The first-order valence-corrected chi connectivity index (χ1v) is 16.8. The highest BCUT2D eigenvalue weighted by molar-refractivity contribution is 8.03. The second kappa shape index (κ2) is 11.8. The predicted octanol–water partition coefficient (Wildman–Crippen LogP) is 3.84. The van der Waals surface area contributed by atoms with Crippen molar-refractivity contribution >= 4 is 72.6 Å². The van der Waals surface area contributed by atoms with Crippen LogP contribution in [0.25, 0.3) is 22.4 Å². The van der Waals surface area contributed by atoms with Gasteiger partial charge in [-0.2, -0.15) is 4.57 Å². The molecule has 4 aromatic rings. The number of hydrogen-bond donors (Lipinski definition) is 0. The standard InChI is InChI=1S/C28H29N3O4S4/c1-3-29-20-11-5-7-13-22(20)37-26(29)19-27-30(4-2)28(32)24(38-27)15-16-25-31(17-9-10-18-39(33,34)35)21-12-6-8-14-23(21)36-25/h5-8,11-16,19H,3-4,9-10,17-18H2,1-2H3. The van der Waals surface area contributed by atoms with Crippen LogP contribution in [-0.4, -0.2) is 29.8 Å². The number of fused-ring (bicyclic) bond motifs is 2. The van der Waals surface area contributed by atoms with Gasteiger partial charge >= 0.3 is 0 Å². The number of thioether (sulfide) groups is 1. The number of allylic oxidation sites excluding steroid dienone is 1. The number of hydrogen-bond acceptors (Lipinski definition) is 8. The zero-order valence-electron chi connectivity index (χ0n) is 21.7. The number of para-hydroxylation sites is 2. The molecule has 0 amide bonds. The number of benzene rings is 2. The molecule has 0 fully saturated rings. The van der Waals surface area contributed by atoms with Gasteiger partial charge in [-0.15, -0.1) is 11.3 Å². The minimum Gasteiger partial charge on any atom is -0.748 e. The van der Waals surface area contributed by atoms with E-state index < -0.39 is 10.1 Å². The Labute approximate surface area is 239 Å². The third-order valence-electron chi connectivity index (χ3n) is 6.49. The van der Waals surface area contributed by atoms with Crippen LogP contribution in [0.15, 0.2) is 69.3 Å². The summed E-state index contributed by atoms with van der Waals surface area (Å²) in [5.74, 6) is -0.357. The lowest BCUT2D eigenvalue weighted by Crippen LogP contribution is -2.35. The number of rotatable bonds is 9. The van der Waals surface area contributed by atoms with Gasteiger partial charge in [-0.05, 0) is 57.0 Å². The SMILES string of the molecule is CCn1c(=Cc2sc3ccccc3[n+]2CC)sc(=CC=C2Sc3ccccc3N2CCCCS(=O)(=O)[O-])c1=O. The fourth-order valence-corrected chi connectivity index (χ4v) is 8.59. The Morgan fingerprint density at radius 1 is 1.00 bits per heavy atom. The Morgan fingerprint density at radius 3 is 2.54 bits per heavy atom. The molecule has 3 heterocycles. The van der Waals surface area contributed by atoms with Gasteiger partial charge in [-0.1, -0.05) is 47.4 Å². The lowest BCUT2D eigenvalue weighted by Gasteiger charge is -2.20. The minimum atomic E-state index is -4.22. The van der Waals surface area contributed by atoms with Crippen molar-refractivity contribution in [2.45, 2.75) is 44.7 Å². The van der Waals surface area contributed by atoms with Gasteiger partial charge < -0.3 is 9.45 Å². The molecule has 0 N–H and O–H groups in total. The van der Waals surface area contributed by atoms with E-state index in [9.17, 15) is 17.8 Å². The molecule has 1 aliphatic heterocycles. The van der Waals surface area contributed by atoms with Gasteiger partial charge in [0.1, 0.15) is 15.9 Å². The summed E-state index contributed by atoms with van der Waals surface area (Å²) in [5, 5.41) is 2.08. The van der Waals surface area contributed by atoms with E-state index in [0.717, 1.165) is 31.8 Å². The summed E-state index contributed by atoms with van der Waals surface area (Å²) < 4.78 is 39.9. The Kier molecular flexibility index (Phi) is 8.43. The molecule has 0 unspecified atom stereocenters. The van der Waals surface area contributed by atoms with Gasteiger partial charge in [0, 0.05) is 29.8 Å². The smallest absolute Gasteiger partial charge is 0.269 e. The van der Waals surface area contributed by atoms with Gasteiger partial charge in [0.2, 0.25) is 5.52 Å². The maximum Gasteiger partial charge on any atom is 0.269 e. The summed E-state index contributed by atoms with van der Waals surface area (Å²) in [4.78, 5) is 16.6. The van der Waals surface area contributed by atoms with Crippen molar-refractivity contribution in [1.82, 2.24) is 4.57 Å². The fraction of sp³-hybridized carbons (Fsp3) is 0.286. The average molecular weight is 600 g/mol. The van der Waals surface area contributed by atoms with Crippen LogP contribution < -0.4 is 24.2 Å². The van der Waals surface area contributed by atoms with Gasteiger partial charge in [-0.3, -0.25) is 9.36 Å². The molecule has 0 atom stereocenters. The average Bonchev–Trinajstić information content (AvgIpc) is 3.55. The van der Waals surface area contributed by atoms with Crippen LogP contribution in [0.5, 0.6) is 0 Å². The molecule has 7 nitrogen and oxygen atoms in total. The molecule has 2 aromatic carbocycles. The third kappa shape index (κ3) is 6.07. The maximum absolute atomic E-state index is 13.3. The van der Waals surface area contributed by atoms with E-state index in [0.29, 0.717) is 30.5 Å². The molecule has 39 heavy (non-hydrogen) atoms. The van der Waals surface area contributed by atoms with E-state index >= 15 is 0 Å². The molecule has 0 spiro atoms. The second-order valence-corrected chi connectivity index (χ2v) is 13.7. The Bertz CT molecular complexity index is 1830. The van der Waals surface area contributed by atoms with E-state index in [1.807, 2.05) is 60.0 Å². The van der Waals surface area contributed by atoms with Crippen LogP contribution in [0, 0.1) is 0 Å².